The second-order valence-electron chi connectivity index (χ2n) is 2.72. The summed E-state index contributed by atoms with van der Waals surface area (Å²) in [6.45, 7) is 7.67. The normalized spacial score (nSPS) is 15.2. The van der Waals surface area contributed by atoms with Gasteiger partial charge in [0, 0.05) is 26.2 Å². The van der Waals surface area contributed by atoms with E-state index in [9.17, 15) is 0 Å². The molecule has 2 fully saturated rings. The molecule has 0 aliphatic carbocycles. The van der Waals surface area contributed by atoms with Crippen molar-refractivity contribution in [2.75, 3.05) is 52.6 Å². The summed E-state index contributed by atoms with van der Waals surface area (Å²) in [7, 11) is 0. The number of rotatable bonds is 0. The molecule has 2 aliphatic heterocycles. The van der Waals surface area contributed by atoms with Gasteiger partial charge >= 0.3 is 26.8 Å². The van der Waals surface area contributed by atoms with E-state index in [1.165, 1.54) is 0 Å². The molecule has 0 unspecified atom stereocenters. The predicted octanol–water partition coefficient (Wildman–Crippen LogP) is -18.9. The molecule has 0 amide bonds. The molecule has 11 heteroatoms. The molecule has 2 heterocycles. The fourth-order valence-electron chi connectivity index (χ4n) is 1.03. The van der Waals surface area contributed by atoms with Crippen LogP contribution >= 0.6 is 0 Å². The summed E-state index contributed by atoms with van der Waals surface area (Å²) in [4.78, 5) is 0. The maximum Gasteiger partial charge on any atom is 4.00 e. The van der Waals surface area contributed by atoms with Crippen molar-refractivity contribution in [3.05, 3.63) is 0 Å². The van der Waals surface area contributed by atoms with Crippen LogP contribution in [0.2, 0.25) is 0 Å². The van der Waals surface area contributed by atoms with Gasteiger partial charge in [-0.3, -0.25) is 0 Å². The molecule has 4 nitrogen and oxygen atoms in total. The van der Waals surface area contributed by atoms with Crippen LogP contribution in [0.5, 0.6) is 0 Å². The second-order valence-corrected chi connectivity index (χ2v) is 2.72. The minimum absolute atomic E-state index is 0. The van der Waals surface area contributed by atoms with E-state index in [4.69, 9.17) is 9.47 Å². The zero-order valence-electron chi connectivity index (χ0n) is 12.2. The Hall–Kier alpha value is 2.38. The van der Waals surface area contributed by atoms with E-state index in [2.05, 4.69) is 10.6 Å². The first kappa shape index (κ1) is 42.9. The molecular formula is C8H20Cl6N2O2Sn. The summed E-state index contributed by atoms with van der Waals surface area (Å²) in [5.74, 6) is 0. The number of nitrogens with one attached hydrogen (secondary N) is 2. The van der Waals surface area contributed by atoms with Crippen molar-refractivity contribution in [2.24, 2.45) is 0 Å². The van der Waals surface area contributed by atoms with Gasteiger partial charge in [0.1, 0.15) is 0 Å². The van der Waals surface area contributed by atoms with Gasteiger partial charge in [0.05, 0.1) is 26.4 Å². The SMILES string of the molecule is C1COCCN1.C1COCCN1.[Cl-].[Cl-].[Cl-].[Cl-].[Cl-].[Cl-].[H+].[H+].[Sn+4]. The summed E-state index contributed by atoms with van der Waals surface area (Å²) >= 11 is 0. The van der Waals surface area contributed by atoms with Gasteiger partial charge in [-0.15, -0.1) is 0 Å². The van der Waals surface area contributed by atoms with Crippen molar-refractivity contribution in [1.29, 1.82) is 0 Å². The van der Waals surface area contributed by atoms with Gasteiger partial charge in [0.15, 0.2) is 0 Å². The molecule has 2 saturated heterocycles. The Kier molecular flexibility index (Phi) is 83.7. The Balaban J connectivity index is -0.0000000137. The number of halogens is 6. The molecule has 0 aromatic heterocycles. The first-order valence-corrected chi connectivity index (χ1v) is 4.57. The zero-order valence-corrected chi connectivity index (χ0v) is 17.6. The topological polar surface area (TPSA) is 42.5 Å². The maximum atomic E-state index is 5.01. The third-order valence-corrected chi connectivity index (χ3v) is 1.69. The summed E-state index contributed by atoms with van der Waals surface area (Å²) in [6.07, 6.45) is 0. The first-order valence-electron chi connectivity index (χ1n) is 4.57. The van der Waals surface area contributed by atoms with Crippen molar-refractivity contribution in [1.82, 2.24) is 10.6 Å². The quantitative estimate of drug-likeness (QED) is 0.320. The molecule has 2 N–H and O–H groups in total. The minimum atomic E-state index is 0. The van der Waals surface area contributed by atoms with Gasteiger partial charge in [0.2, 0.25) is 0 Å². The standard InChI is InChI=1S/2C4H9NO.6ClH.Sn/c2*1-3-6-4-2-5-1;;;;;;;/h2*5H,1-4H2;6*1H;/q;;;;;;;;+4/p-4. The van der Waals surface area contributed by atoms with E-state index in [1.54, 1.807) is 0 Å². The van der Waals surface area contributed by atoms with E-state index in [1.807, 2.05) is 0 Å². The van der Waals surface area contributed by atoms with Crippen LogP contribution in [0.4, 0.5) is 0 Å². The van der Waals surface area contributed by atoms with Crippen LogP contribution in [0.25, 0.3) is 0 Å². The monoisotopic (exact) mass is 506 g/mol. The molecule has 120 valence electrons. The average molecular weight is 508 g/mol. The molecule has 0 atom stereocenters. The predicted molar refractivity (Wildman–Crippen MR) is 55.4 cm³/mol. The van der Waals surface area contributed by atoms with Crippen LogP contribution in [0, 0.1) is 0 Å². The summed E-state index contributed by atoms with van der Waals surface area (Å²) in [6, 6.07) is 0. The van der Waals surface area contributed by atoms with Crippen molar-refractivity contribution in [3.63, 3.8) is 0 Å². The summed E-state index contributed by atoms with van der Waals surface area (Å²) in [5.41, 5.74) is 0. The number of hydrogen-bond donors (Lipinski definition) is 2. The van der Waals surface area contributed by atoms with Crippen LogP contribution in [-0.2, 0) is 9.47 Å². The summed E-state index contributed by atoms with van der Waals surface area (Å²) in [5, 5.41) is 6.32. The summed E-state index contributed by atoms with van der Waals surface area (Å²) < 4.78 is 10.0. The zero-order chi connectivity index (χ0) is 8.49. The van der Waals surface area contributed by atoms with Gasteiger partial charge in [0.25, 0.3) is 0 Å². The fourth-order valence-corrected chi connectivity index (χ4v) is 1.03. The molecule has 2 aliphatic rings. The Morgan fingerprint density at radius 1 is 0.526 bits per heavy atom. The van der Waals surface area contributed by atoms with Crippen LogP contribution in [0.15, 0.2) is 0 Å². The molecule has 0 bridgehead atoms. The van der Waals surface area contributed by atoms with Crippen LogP contribution in [-0.4, -0.2) is 76.5 Å². The molecule has 0 spiro atoms. The molecular weight excluding hydrogens is 488 g/mol. The Labute approximate surface area is 173 Å². The van der Waals surface area contributed by atoms with Crippen LogP contribution in [0.3, 0.4) is 0 Å². The Morgan fingerprint density at radius 3 is 0.789 bits per heavy atom. The maximum absolute atomic E-state index is 5.01. The third-order valence-electron chi connectivity index (χ3n) is 1.69. The smallest absolute Gasteiger partial charge is 1.00 e. The molecule has 0 aromatic carbocycles. The fraction of sp³-hybridized carbons (Fsp3) is 1.00. The van der Waals surface area contributed by atoms with Crippen molar-refractivity contribution in [2.45, 2.75) is 0 Å². The van der Waals surface area contributed by atoms with E-state index in [0.29, 0.717) is 0 Å². The molecule has 19 heavy (non-hydrogen) atoms. The van der Waals surface area contributed by atoms with Crippen LogP contribution in [0.1, 0.15) is 2.85 Å². The molecule has 0 aromatic rings. The molecule has 2 rings (SSSR count). The van der Waals surface area contributed by atoms with E-state index in [0.717, 1.165) is 52.6 Å². The van der Waals surface area contributed by atoms with Crippen LogP contribution < -0.4 is 85.1 Å². The van der Waals surface area contributed by atoms with E-state index in [-0.39, 0.29) is 101 Å². The Bertz CT molecular complexity index is 89.7. The Morgan fingerprint density at radius 2 is 0.737 bits per heavy atom. The van der Waals surface area contributed by atoms with E-state index < -0.39 is 0 Å². The minimum Gasteiger partial charge on any atom is -1.00 e. The second kappa shape index (κ2) is 37.0. The van der Waals surface area contributed by atoms with Gasteiger partial charge in [-0.1, -0.05) is 0 Å². The third kappa shape index (κ3) is 33.3. The largest absolute Gasteiger partial charge is 4.00 e. The van der Waals surface area contributed by atoms with Crippen molar-refractivity contribution >= 4 is 23.9 Å². The van der Waals surface area contributed by atoms with Gasteiger partial charge in [-0.25, -0.2) is 0 Å². The average Bonchev–Trinajstić information content (AvgIpc) is 2.24. The van der Waals surface area contributed by atoms with E-state index >= 15 is 0 Å². The molecule has 0 saturated carbocycles. The van der Waals surface area contributed by atoms with Gasteiger partial charge in [-0.05, 0) is 0 Å². The van der Waals surface area contributed by atoms with Gasteiger partial charge in [-0.2, -0.15) is 0 Å². The number of morpholine rings is 2. The van der Waals surface area contributed by atoms with Gasteiger partial charge < -0.3 is 94.5 Å². The number of ether oxygens (including phenoxy) is 2. The van der Waals surface area contributed by atoms with Crippen molar-refractivity contribution < 1.29 is 86.8 Å². The van der Waals surface area contributed by atoms with Crippen molar-refractivity contribution in [3.8, 4) is 0 Å². The molecule has 0 radical (unpaired) electrons. The first-order chi connectivity index (χ1) is 6.00. The number of hydrogen-bond acceptors (Lipinski definition) is 4.